The third-order valence-corrected chi connectivity index (χ3v) is 9.79. The second-order valence-corrected chi connectivity index (χ2v) is 12.2. The number of benzene rings is 1. The van der Waals surface area contributed by atoms with Crippen molar-refractivity contribution >= 4 is 23.8 Å². The molecule has 5 heterocycles. The second-order valence-electron chi connectivity index (χ2n) is 11.8. The predicted molar refractivity (Wildman–Crippen MR) is 174 cm³/mol. The zero-order chi connectivity index (χ0) is 31.1. The van der Waals surface area contributed by atoms with Crippen molar-refractivity contribution in [2.75, 3.05) is 51.3 Å². The Labute approximate surface area is 265 Å². The molecule has 0 saturated carbocycles. The average molecular weight is 622 g/mol. The van der Waals surface area contributed by atoms with E-state index in [0.717, 1.165) is 74.8 Å². The fourth-order valence-electron chi connectivity index (χ4n) is 7.44. The van der Waals surface area contributed by atoms with Crippen LogP contribution < -0.4 is 19.7 Å². The van der Waals surface area contributed by atoms with Gasteiger partial charge in [-0.15, -0.1) is 0 Å². The fraction of sp³-hybridized carbons (Fsp3) is 0.500. The van der Waals surface area contributed by atoms with E-state index >= 15 is 0 Å². The van der Waals surface area contributed by atoms with E-state index in [4.69, 9.17) is 36.0 Å². The Morgan fingerprint density at radius 3 is 2.77 bits per heavy atom. The molecule has 1 aromatic carbocycles. The molecule has 3 aromatic rings. The van der Waals surface area contributed by atoms with E-state index in [0.29, 0.717) is 29.5 Å². The summed E-state index contributed by atoms with van der Waals surface area (Å²) < 4.78 is 11.4. The summed E-state index contributed by atoms with van der Waals surface area (Å²) in [5.74, 6) is 1.84. The van der Waals surface area contributed by atoms with Gasteiger partial charge < -0.3 is 24.8 Å². The van der Waals surface area contributed by atoms with Crippen LogP contribution in [-0.4, -0.2) is 78.9 Å². The van der Waals surface area contributed by atoms with Gasteiger partial charge in [-0.1, -0.05) is 37.1 Å². The number of rotatable bonds is 8. The van der Waals surface area contributed by atoms with Crippen LogP contribution >= 0.6 is 11.6 Å². The number of ether oxygens (including phenoxy) is 2. The van der Waals surface area contributed by atoms with Crippen molar-refractivity contribution in [1.82, 2.24) is 20.2 Å². The number of halogens is 1. The molecule has 2 aromatic heterocycles. The van der Waals surface area contributed by atoms with Crippen molar-refractivity contribution in [2.24, 2.45) is 5.92 Å². The van der Waals surface area contributed by atoms with Gasteiger partial charge in [0.05, 0.1) is 36.4 Å². The number of piperidine rings is 1. The molecule has 0 unspecified atom stereocenters. The number of hydrogen-bond acceptors (Lipinski definition) is 8. The summed E-state index contributed by atoms with van der Waals surface area (Å²) in [6, 6.07) is 15.2. The molecule has 0 amide bonds. The van der Waals surface area contributed by atoms with Gasteiger partial charge in [-0.3, -0.25) is 14.7 Å². The topological polar surface area (TPSA) is 100 Å². The number of methoxy groups -OCH3 is 1. The summed E-state index contributed by atoms with van der Waals surface area (Å²) in [6.07, 6.45) is 6.44. The van der Waals surface area contributed by atoms with Gasteiger partial charge in [0.25, 0.3) is 6.47 Å². The number of fused-ring (bicyclic) bond motifs is 2. The molecule has 3 aliphatic heterocycles. The molecule has 3 aliphatic rings. The SMILES string of the molecule is CCOc1ncccc1-c1ccc2c(n1)CN(C[C@H]1CCCN1)C[C@]21CCN(c2cccc(OC)c2Cl)C[C@H]1CC.O=CO. The minimum atomic E-state index is -0.250. The van der Waals surface area contributed by atoms with Crippen LogP contribution in [0, 0.1) is 5.92 Å². The molecule has 2 saturated heterocycles. The summed E-state index contributed by atoms with van der Waals surface area (Å²) in [5.41, 5.74) is 5.61. The Morgan fingerprint density at radius 2 is 2.05 bits per heavy atom. The van der Waals surface area contributed by atoms with Crippen LogP contribution in [0.4, 0.5) is 5.69 Å². The molecule has 1 spiro atoms. The smallest absolute Gasteiger partial charge is 0.290 e. The molecule has 44 heavy (non-hydrogen) atoms. The van der Waals surface area contributed by atoms with Crippen molar-refractivity contribution in [2.45, 2.75) is 57.5 Å². The standard InChI is InChI=1S/C33H42ClN5O2.CH2O2/c1-4-23-19-39(29-11-6-12-30(40-3)31(29)34)18-15-33(23)22-38(20-24-9-7-16-35-24)21-28-26(33)13-14-27(37-28)25-10-8-17-36-32(25)41-5-2;2-1-3/h6,8,10-14,17,23-24,35H,4-5,7,9,15-16,18-22H2,1-3H3;1H,(H,2,3)/t23-,24-,33+;/m1./s1. The number of anilines is 1. The largest absolute Gasteiger partial charge is 0.495 e. The molecule has 0 radical (unpaired) electrons. The first kappa shape index (κ1) is 32.0. The molecule has 2 fully saturated rings. The van der Waals surface area contributed by atoms with E-state index in [2.05, 4.69) is 51.3 Å². The van der Waals surface area contributed by atoms with Gasteiger partial charge in [0.15, 0.2) is 0 Å². The number of carbonyl (C=O) groups is 1. The quantitative estimate of drug-likeness (QED) is 0.309. The van der Waals surface area contributed by atoms with Crippen molar-refractivity contribution in [3.05, 3.63) is 64.9 Å². The van der Waals surface area contributed by atoms with Crippen LogP contribution in [0.5, 0.6) is 11.6 Å². The first-order valence-electron chi connectivity index (χ1n) is 15.7. The van der Waals surface area contributed by atoms with Gasteiger partial charge in [0.2, 0.25) is 5.88 Å². The summed E-state index contributed by atoms with van der Waals surface area (Å²) in [5, 5.41) is 11.3. The summed E-state index contributed by atoms with van der Waals surface area (Å²) in [4.78, 5) is 23.3. The maximum absolute atomic E-state index is 8.36. The zero-order valence-corrected chi connectivity index (χ0v) is 26.7. The van der Waals surface area contributed by atoms with Gasteiger partial charge >= 0.3 is 0 Å². The number of aromatic nitrogens is 2. The molecule has 6 rings (SSSR count). The Morgan fingerprint density at radius 1 is 1.20 bits per heavy atom. The number of hydrogen-bond donors (Lipinski definition) is 2. The molecule has 0 bridgehead atoms. The van der Waals surface area contributed by atoms with Gasteiger partial charge in [-0.2, -0.15) is 0 Å². The maximum Gasteiger partial charge on any atom is 0.290 e. The maximum atomic E-state index is 8.36. The fourth-order valence-corrected chi connectivity index (χ4v) is 7.76. The molecule has 9 nitrogen and oxygen atoms in total. The highest BCUT2D eigenvalue weighted by Crippen LogP contribution is 2.48. The highest BCUT2D eigenvalue weighted by Gasteiger charge is 2.48. The van der Waals surface area contributed by atoms with Gasteiger partial charge in [0, 0.05) is 50.4 Å². The molecular weight excluding hydrogens is 578 g/mol. The summed E-state index contributed by atoms with van der Waals surface area (Å²) in [7, 11) is 1.68. The van der Waals surface area contributed by atoms with Crippen LogP contribution in [0.1, 0.15) is 50.8 Å². The molecule has 2 N–H and O–H groups in total. The molecule has 3 atom stereocenters. The molecule has 0 aliphatic carbocycles. The lowest BCUT2D eigenvalue weighted by Crippen LogP contribution is -2.58. The average Bonchev–Trinajstić information content (AvgIpc) is 3.55. The number of pyridine rings is 2. The second kappa shape index (κ2) is 14.6. The lowest BCUT2D eigenvalue weighted by atomic mass is 9.62. The molecule has 10 heteroatoms. The van der Waals surface area contributed by atoms with Crippen LogP contribution in [0.15, 0.2) is 48.7 Å². The first-order valence-corrected chi connectivity index (χ1v) is 16.0. The summed E-state index contributed by atoms with van der Waals surface area (Å²) in [6.45, 7) is 10.7. The Balaban J connectivity index is 0.00000123. The summed E-state index contributed by atoms with van der Waals surface area (Å²) >= 11 is 6.81. The lowest BCUT2D eigenvalue weighted by molar-refractivity contribution is -0.122. The van der Waals surface area contributed by atoms with Crippen LogP contribution in [0.2, 0.25) is 5.02 Å². The first-order chi connectivity index (χ1) is 21.5. The molecule has 236 valence electrons. The Hall–Kier alpha value is -3.40. The normalized spacial score (nSPS) is 23.0. The highest BCUT2D eigenvalue weighted by atomic mass is 35.5. The lowest BCUT2D eigenvalue weighted by Gasteiger charge is -2.53. The highest BCUT2D eigenvalue weighted by molar-refractivity contribution is 6.34. The van der Waals surface area contributed by atoms with Crippen LogP contribution in [-0.2, 0) is 16.8 Å². The van der Waals surface area contributed by atoms with Gasteiger partial charge in [-0.05, 0) is 74.5 Å². The van der Waals surface area contributed by atoms with E-state index in [-0.39, 0.29) is 11.9 Å². The monoisotopic (exact) mass is 621 g/mol. The van der Waals surface area contributed by atoms with E-state index in [9.17, 15) is 0 Å². The number of nitrogens with one attached hydrogen (secondary N) is 1. The number of nitrogens with zero attached hydrogens (tertiary/aromatic N) is 4. The number of carboxylic acid groups (broad SMARTS) is 1. The third kappa shape index (κ3) is 6.50. The predicted octanol–water partition coefficient (Wildman–Crippen LogP) is 5.65. The van der Waals surface area contributed by atoms with Gasteiger partial charge in [-0.25, -0.2) is 4.98 Å². The Kier molecular flexibility index (Phi) is 10.6. The van der Waals surface area contributed by atoms with Crippen LogP contribution in [0.3, 0.4) is 0 Å². The molecular formula is C34H44ClN5O4. The van der Waals surface area contributed by atoms with Crippen molar-refractivity contribution in [3.8, 4) is 22.9 Å². The third-order valence-electron chi connectivity index (χ3n) is 9.41. The van der Waals surface area contributed by atoms with Gasteiger partial charge in [0.1, 0.15) is 10.8 Å². The van der Waals surface area contributed by atoms with E-state index in [1.807, 2.05) is 25.1 Å². The van der Waals surface area contributed by atoms with Crippen molar-refractivity contribution in [1.29, 1.82) is 0 Å². The zero-order valence-electron chi connectivity index (χ0n) is 26.0. The minimum absolute atomic E-state index is 0.0337. The van der Waals surface area contributed by atoms with Crippen molar-refractivity contribution < 1.29 is 19.4 Å². The Bertz CT molecular complexity index is 1420. The van der Waals surface area contributed by atoms with E-state index in [1.54, 1.807) is 13.3 Å². The van der Waals surface area contributed by atoms with Crippen LogP contribution in [0.25, 0.3) is 11.3 Å². The minimum Gasteiger partial charge on any atom is -0.495 e. The van der Waals surface area contributed by atoms with E-state index < -0.39 is 0 Å². The van der Waals surface area contributed by atoms with E-state index in [1.165, 1.54) is 24.1 Å². The van der Waals surface area contributed by atoms with Crippen molar-refractivity contribution in [3.63, 3.8) is 0 Å².